The lowest BCUT2D eigenvalue weighted by Gasteiger charge is -2.08. The van der Waals surface area contributed by atoms with Crippen molar-refractivity contribution in [1.82, 2.24) is 19.5 Å². The molecule has 0 atom stereocenters. The van der Waals surface area contributed by atoms with Crippen LogP contribution in [0.3, 0.4) is 0 Å². The maximum Gasteiger partial charge on any atom is 0.240 e. The standard InChI is InChI=1S/C12H15BrN4O2S/c1-9-7-10(3-4-11(9)13)20(18,19)15-6-5-12-16-14-8-17(12)2/h3-4,7-8,15H,5-6H2,1-2H3. The van der Waals surface area contributed by atoms with E-state index in [2.05, 4.69) is 30.8 Å². The van der Waals surface area contributed by atoms with Gasteiger partial charge in [0.05, 0.1) is 4.90 Å². The number of nitrogens with zero attached hydrogens (tertiary/aromatic N) is 3. The third-order valence-electron chi connectivity index (χ3n) is 2.89. The Hall–Kier alpha value is -1.25. The van der Waals surface area contributed by atoms with Crippen molar-refractivity contribution in [3.8, 4) is 0 Å². The lowest BCUT2D eigenvalue weighted by molar-refractivity contribution is 0.580. The zero-order valence-electron chi connectivity index (χ0n) is 11.2. The van der Waals surface area contributed by atoms with E-state index in [1.807, 2.05) is 14.0 Å². The summed E-state index contributed by atoms with van der Waals surface area (Å²) in [7, 11) is -1.67. The van der Waals surface area contributed by atoms with E-state index in [-0.39, 0.29) is 11.4 Å². The first-order chi connectivity index (χ1) is 9.40. The SMILES string of the molecule is Cc1cc(S(=O)(=O)NCCc2nncn2C)ccc1Br. The molecule has 0 fully saturated rings. The molecule has 1 aromatic heterocycles. The number of aromatic nitrogens is 3. The maximum atomic E-state index is 12.1. The molecule has 2 aromatic rings. The van der Waals surface area contributed by atoms with Gasteiger partial charge in [0.25, 0.3) is 0 Å². The number of benzene rings is 1. The van der Waals surface area contributed by atoms with Crippen molar-refractivity contribution in [2.45, 2.75) is 18.2 Å². The summed E-state index contributed by atoms with van der Waals surface area (Å²) in [5.74, 6) is 0.736. The number of aryl methyl sites for hydroxylation is 2. The molecule has 1 N–H and O–H groups in total. The summed E-state index contributed by atoms with van der Waals surface area (Å²) in [6.07, 6.45) is 2.08. The van der Waals surface area contributed by atoms with E-state index >= 15 is 0 Å². The fourth-order valence-corrected chi connectivity index (χ4v) is 3.06. The average molecular weight is 359 g/mol. The zero-order chi connectivity index (χ0) is 14.8. The molecule has 0 saturated heterocycles. The van der Waals surface area contributed by atoms with Crippen LogP contribution in [0.4, 0.5) is 0 Å². The Morgan fingerprint density at radius 1 is 1.40 bits per heavy atom. The molecule has 1 heterocycles. The number of rotatable bonds is 5. The normalized spacial score (nSPS) is 11.8. The highest BCUT2D eigenvalue weighted by Gasteiger charge is 2.14. The summed E-state index contributed by atoms with van der Waals surface area (Å²) in [6, 6.07) is 4.93. The number of halogens is 1. The molecule has 0 bridgehead atoms. The summed E-state index contributed by atoms with van der Waals surface area (Å²) in [5, 5.41) is 7.65. The summed E-state index contributed by atoms with van der Waals surface area (Å²) < 4.78 is 29.5. The van der Waals surface area contributed by atoms with Gasteiger partial charge in [-0.15, -0.1) is 10.2 Å². The van der Waals surface area contributed by atoms with E-state index in [1.54, 1.807) is 29.1 Å². The summed E-state index contributed by atoms with van der Waals surface area (Å²) in [6.45, 7) is 2.13. The van der Waals surface area contributed by atoms with Crippen molar-refractivity contribution >= 4 is 26.0 Å². The lowest BCUT2D eigenvalue weighted by Crippen LogP contribution is -2.26. The van der Waals surface area contributed by atoms with Crippen molar-refractivity contribution in [2.24, 2.45) is 7.05 Å². The van der Waals surface area contributed by atoms with Crippen molar-refractivity contribution in [3.05, 3.63) is 40.4 Å². The van der Waals surface area contributed by atoms with E-state index in [0.29, 0.717) is 6.42 Å². The first-order valence-electron chi connectivity index (χ1n) is 5.99. The van der Waals surface area contributed by atoms with Gasteiger partial charge in [0.2, 0.25) is 10.0 Å². The van der Waals surface area contributed by atoms with Gasteiger partial charge < -0.3 is 4.57 Å². The average Bonchev–Trinajstić information content (AvgIpc) is 2.78. The Kier molecular flexibility index (Phi) is 4.56. The lowest BCUT2D eigenvalue weighted by atomic mass is 10.2. The van der Waals surface area contributed by atoms with Gasteiger partial charge in [0, 0.05) is 24.5 Å². The zero-order valence-corrected chi connectivity index (χ0v) is 13.6. The fraction of sp³-hybridized carbons (Fsp3) is 0.333. The molecular formula is C12H15BrN4O2S. The number of nitrogens with one attached hydrogen (secondary N) is 1. The Labute approximate surface area is 126 Å². The molecule has 8 heteroatoms. The van der Waals surface area contributed by atoms with E-state index in [1.165, 1.54) is 0 Å². The van der Waals surface area contributed by atoms with Crippen LogP contribution >= 0.6 is 15.9 Å². The predicted octanol–water partition coefficient (Wildman–Crippen LogP) is 1.41. The van der Waals surface area contributed by atoms with Crippen molar-refractivity contribution in [1.29, 1.82) is 0 Å². The summed E-state index contributed by atoms with van der Waals surface area (Å²) in [5.41, 5.74) is 0.876. The molecule has 0 aliphatic heterocycles. The van der Waals surface area contributed by atoms with Crippen LogP contribution in [-0.4, -0.2) is 29.7 Å². The molecule has 0 spiro atoms. The number of sulfonamides is 1. The van der Waals surface area contributed by atoms with Crippen LogP contribution in [-0.2, 0) is 23.5 Å². The minimum absolute atomic E-state index is 0.260. The van der Waals surface area contributed by atoms with Crippen LogP contribution in [0.2, 0.25) is 0 Å². The van der Waals surface area contributed by atoms with Gasteiger partial charge in [-0.1, -0.05) is 15.9 Å². The van der Waals surface area contributed by atoms with Crippen LogP contribution < -0.4 is 4.72 Å². The largest absolute Gasteiger partial charge is 0.321 e. The van der Waals surface area contributed by atoms with Crippen LogP contribution in [0.25, 0.3) is 0 Å². The van der Waals surface area contributed by atoms with Crippen molar-refractivity contribution in [3.63, 3.8) is 0 Å². The molecule has 6 nitrogen and oxygen atoms in total. The molecule has 2 rings (SSSR count). The number of hydrogen-bond acceptors (Lipinski definition) is 4. The Balaban J connectivity index is 2.04. The molecule has 20 heavy (non-hydrogen) atoms. The van der Waals surface area contributed by atoms with Gasteiger partial charge in [-0.3, -0.25) is 0 Å². The maximum absolute atomic E-state index is 12.1. The van der Waals surface area contributed by atoms with Gasteiger partial charge in [-0.25, -0.2) is 13.1 Å². The molecule has 0 aliphatic rings. The van der Waals surface area contributed by atoms with Gasteiger partial charge in [-0.05, 0) is 30.7 Å². The molecule has 0 amide bonds. The third-order valence-corrected chi connectivity index (χ3v) is 5.23. The number of hydrogen-bond donors (Lipinski definition) is 1. The second kappa shape index (κ2) is 6.02. The highest BCUT2D eigenvalue weighted by Crippen LogP contribution is 2.19. The van der Waals surface area contributed by atoms with E-state index in [9.17, 15) is 8.42 Å². The molecule has 1 aromatic carbocycles. The molecule has 0 aliphatic carbocycles. The minimum Gasteiger partial charge on any atom is -0.321 e. The highest BCUT2D eigenvalue weighted by atomic mass is 79.9. The molecule has 108 valence electrons. The van der Waals surface area contributed by atoms with Crippen molar-refractivity contribution in [2.75, 3.05) is 6.54 Å². The van der Waals surface area contributed by atoms with E-state index in [0.717, 1.165) is 15.9 Å². The van der Waals surface area contributed by atoms with Crippen molar-refractivity contribution < 1.29 is 8.42 Å². The quantitative estimate of drug-likeness (QED) is 0.876. The summed E-state index contributed by atoms with van der Waals surface area (Å²) >= 11 is 3.35. The van der Waals surface area contributed by atoms with Gasteiger partial charge in [-0.2, -0.15) is 0 Å². The second-order valence-corrected chi connectivity index (χ2v) is 7.04. The Bertz CT molecular complexity index is 712. The predicted molar refractivity (Wildman–Crippen MR) is 78.8 cm³/mol. The van der Waals surface area contributed by atoms with Gasteiger partial charge >= 0.3 is 0 Å². The molecule has 0 unspecified atom stereocenters. The molecule has 0 saturated carbocycles. The minimum atomic E-state index is -3.49. The summed E-state index contributed by atoms with van der Waals surface area (Å²) in [4.78, 5) is 0.260. The first-order valence-corrected chi connectivity index (χ1v) is 8.26. The highest BCUT2D eigenvalue weighted by molar-refractivity contribution is 9.10. The van der Waals surface area contributed by atoms with Gasteiger partial charge in [0.1, 0.15) is 12.2 Å². The Morgan fingerprint density at radius 3 is 2.75 bits per heavy atom. The monoisotopic (exact) mass is 358 g/mol. The topological polar surface area (TPSA) is 76.9 Å². The molecular weight excluding hydrogens is 344 g/mol. The molecule has 0 radical (unpaired) electrons. The first kappa shape index (κ1) is 15.1. The van der Waals surface area contributed by atoms with Crippen LogP contribution in [0, 0.1) is 6.92 Å². The van der Waals surface area contributed by atoms with Crippen LogP contribution in [0.5, 0.6) is 0 Å². The fourth-order valence-electron chi connectivity index (χ4n) is 1.70. The van der Waals surface area contributed by atoms with E-state index in [4.69, 9.17) is 0 Å². The van der Waals surface area contributed by atoms with Gasteiger partial charge in [0.15, 0.2) is 0 Å². The van der Waals surface area contributed by atoms with Crippen LogP contribution in [0.1, 0.15) is 11.4 Å². The smallest absolute Gasteiger partial charge is 0.240 e. The Morgan fingerprint density at radius 2 is 2.15 bits per heavy atom. The van der Waals surface area contributed by atoms with Crippen LogP contribution in [0.15, 0.2) is 33.9 Å². The third kappa shape index (κ3) is 3.44. The second-order valence-electron chi connectivity index (χ2n) is 4.42. The van der Waals surface area contributed by atoms with E-state index < -0.39 is 10.0 Å².